The third-order valence-corrected chi connectivity index (χ3v) is 7.70. The van der Waals surface area contributed by atoms with Crippen molar-refractivity contribution in [3.8, 4) is 5.75 Å². The first-order valence-corrected chi connectivity index (χ1v) is 12.9. The third-order valence-electron chi connectivity index (χ3n) is 6.46. The molecule has 1 aliphatic heterocycles. The number of carbonyl (C=O) groups excluding carboxylic acids is 2. The summed E-state index contributed by atoms with van der Waals surface area (Å²) in [5.41, 5.74) is 2.65. The number of benzene rings is 2. The van der Waals surface area contributed by atoms with Gasteiger partial charge in [0.05, 0.1) is 23.2 Å². The number of thiophene rings is 1. The van der Waals surface area contributed by atoms with Crippen LogP contribution in [0.25, 0.3) is 16.7 Å². The number of halogens is 1. The highest BCUT2D eigenvalue weighted by Crippen LogP contribution is 2.42. The van der Waals surface area contributed by atoms with E-state index >= 15 is 0 Å². The standard InChI is InChI=1S/C28H25ClN2O4S/c1-3-35-22-15-17(10-11-20(22)29)26(32)24-25(23-9-6-14-36-23)31(28(34)27(24)33)13-12-18-16-30(2)21-8-5-4-7-19(18)21/h4-11,14-16,25,32H,3,12-13H2,1-2H3/b26-24-. The number of aryl methyl sites for hydroxylation is 1. The Morgan fingerprint density at radius 1 is 1.14 bits per heavy atom. The molecule has 0 saturated carbocycles. The van der Waals surface area contributed by atoms with Crippen LogP contribution >= 0.6 is 22.9 Å². The molecule has 2 aromatic carbocycles. The number of Topliss-reactive ketones (excluding diaryl/α,β-unsaturated/α-hetero) is 1. The molecular formula is C28H25ClN2O4S. The number of likely N-dealkylation sites (tertiary alicyclic amines) is 1. The maximum absolute atomic E-state index is 13.3. The summed E-state index contributed by atoms with van der Waals surface area (Å²) in [6.07, 6.45) is 2.64. The topological polar surface area (TPSA) is 71.8 Å². The molecule has 2 aromatic heterocycles. The van der Waals surface area contributed by atoms with Crippen LogP contribution in [0.15, 0.2) is 71.7 Å². The Hall–Kier alpha value is -3.55. The second-order valence-corrected chi connectivity index (χ2v) is 10.0. The van der Waals surface area contributed by atoms with E-state index in [-0.39, 0.29) is 11.3 Å². The normalized spacial score (nSPS) is 17.3. The van der Waals surface area contributed by atoms with Gasteiger partial charge in [-0.25, -0.2) is 0 Å². The number of ether oxygens (including phenoxy) is 1. The summed E-state index contributed by atoms with van der Waals surface area (Å²) < 4.78 is 7.62. The molecule has 1 saturated heterocycles. The Morgan fingerprint density at radius 2 is 1.94 bits per heavy atom. The van der Waals surface area contributed by atoms with Crippen molar-refractivity contribution in [1.29, 1.82) is 0 Å². The van der Waals surface area contributed by atoms with Crippen molar-refractivity contribution >= 4 is 51.3 Å². The van der Waals surface area contributed by atoms with E-state index in [1.54, 1.807) is 23.1 Å². The van der Waals surface area contributed by atoms with E-state index in [0.717, 1.165) is 21.3 Å². The molecule has 1 N–H and O–H groups in total. The highest BCUT2D eigenvalue weighted by molar-refractivity contribution is 7.10. The third kappa shape index (κ3) is 4.18. The van der Waals surface area contributed by atoms with E-state index in [1.165, 1.54) is 11.3 Å². The zero-order chi connectivity index (χ0) is 25.4. The number of fused-ring (bicyclic) bond motifs is 1. The molecule has 1 fully saturated rings. The number of aliphatic hydroxyl groups is 1. The van der Waals surface area contributed by atoms with Crippen molar-refractivity contribution in [3.05, 3.63) is 92.8 Å². The van der Waals surface area contributed by atoms with Crippen LogP contribution in [0.3, 0.4) is 0 Å². The summed E-state index contributed by atoms with van der Waals surface area (Å²) in [7, 11) is 1.99. The largest absolute Gasteiger partial charge is 0.507 e. The van der Waals surface area contributed by atoms with E-state index in [9.17, 15) is 14.7 Å². The number of nitrogens with zero attached hydrogens (tertiary/aromatic N) is 2. The number of ketones is 1. The molecule has 184 valence electrons. The Balaban J connectivity index is 1.54. The highest BCUT2D eigenvalue weighted by Gasteiger charge is 2.46. The van der Waals surface area contributed by atoms with Crippen LogP contribution in [0, 0.1) is 0 Å². The van der Waals surface area contributed by atoms with Crippen LogP contribution in [0.5, 0.6) is 5.75 Å². The van der Waals surface area contributed by atoms with Crippen LogP contribution in [-0.2, 0) is 23.1 Å². The molecule has 36 heavy (non-hydrogen) atoms. The summed E-state index contributed by atoms with van der Waals surface area (Å²) in [5, 5.41) is 14.7. The number of rotatable bonds is 7. The zero-order valence-electron chi connectivity index (χ0n) is 19.9. The van der Waals surface area contributed by atoms with Gasteiger partial charge in [0.25, 0.3) is 11.7 Å². The predicted molar refractivity (Wildman–Crippen MR) is 143 cm³/mol. The lowest BCUT2D eigenvalue weighted by molar-refractivity contribution is -0.139. The molecule has 4 aromatic rings. The lowest BCUT2D eigenvalue weighted by atomic mass is 9.99. The fourth-order valence-electron chi connectivity index (χ4n) is 4.79. The number of para-hydroxylation sites is 1. The van der Waals surface area contributed by atoms with Gasteiger partial charge in [0.1, 0.15) is 11.5 Å². The number of aliphatic hydroxyl groups excluding tert-OH is 1. The molecule has 5 rings (SSSR count). The van der Waals surface area contributed by atoms with Crippen LogP contribution in [-0.4, -0.2) is 39.4 Å². The van der Waals surface area contributed by atoms with Gasteiger partial charge in [-0.1, -0.05) is 35.9 Å². The van der Waals surface area contributed by atoms with E-state index in [2.05, 4.69) is 22.9 Å². The minimum atomic E-state index is -0.697. The number of hydrogen-bond donors (Lipinski definition) is 1. The quantitative estimate of drug-likeness (QED) is 0.185. The monoisotopic (exact) mass is 520 g/mol. The van der Waals surface area contributed by atoms with Crippen molar-refractivity contribution < 1.29 is 19.4 Å². The smallest absolute Gasteiger partial charge is 0.295 e. The Bertz CT molecular complexity index is 1490. The molecule has 0 radical (unpaired) electrons. The predicted octanol–water partition coefficient (Wildman–Crippen LogP) is 5.96. The fourth-order valence-corrected chi connectivity index (χ4v) is 5.81. The van der Waals surface area contributed by atoms with E-state index in [0.29, 0.717) is 35.9 Å². The Kier molecular flexibility index (Phi) is 6.60. The van der Waals surface area contributed by atoms with Gasteiger partial charge in [0, 0.05) is 41.1 Å². The lowest BCUT2D eigenvalue weighted by Crippen LogP contribution is -2.31. The van der Waals surface area contributed by atoms with Gasteiger partial charge >= 0.3 is 0 Å². The van der Waals surface area contributed by atoms with Crippen molar-refractivity contribution in [1.82, 2.24) is 9.47 Å². The SMILES string of the molecule is CCOc1cc(/C(O)=C2/C(=O)C(=O)N(CCc3cn(C)c4ccccc34)C2c2cccs2)ccc1Cl. The number of carbonyl (C=O) groups is 2. The molecular weight excluding hydrogens is 496 g/mol. The number of hydrogen-bond acceptors (Lipinski definition) is 5. The molecule has 0 aliphatic carbocycles. The molecule has 1 atom stereocenters. The first-order chi connectivity index (χ1) is 17.4. The molecule has 0 spiro atoms. The van der Waals surface area contributed by atoms with Crippen LogP contribution in [0.1, 0.15) is 29.0 Å². The van der Waals surface area contributed by atoms with Gasteiger partial charge in [-0.3, -0.25) is 9.59 Å². The van der Waals surface area contributed by atoms with Gasteiger partial charge in [-0.05, 0) is 54.6 Å². The van der Waals surface area contributed by atoms with Crippen molar-refractivity contribution in [3.63, 3.8) is 0 Å². The van der Waals surface area contributed by atoms with Crippen LogP contribution in [0.4, 0.5) is 0 Å². The Labute approximate surface area is 218 Å². The van der Waals surface area contributed by atoms with E-state index in [1.807, 2.05) is 43.6 Å². The number of amides is 1. The average molecular weight is 521 g/mol. The average Bonchev–Trinajstić information content (AvgIpc) is 3.58. The lowest BCUT2D eigenvalue weighted by Gasteiger charge is -2.24. The van der Waals surface area contributed by atoms with Gasteiger partial charge in [0.15, 0.2) is 0 Å². The maximum atomic E-state index is 13.3. The van der Waals surface area contributed by atoms with E-state index in [4.69, 9.17) is 16.3 Å². The maximum Gasteiger partial charge on any atom is 0.295 e. The van der Waals surface area contributed by atoms with Gasteiger partial charge < -0.3 is 19.3 Å². The summed E-state index contributed by atoms with van der Waals surface area (Å²) >= 11 is 7.66. The van der Waals surface area contributed by atoms with Gasteiger partial charge in [-0.15, -0.1) is 11.3 Å². The van der Waals surface area contributed by atoms with Crippen molar-refractivity contribution in [2.75, 3.05) is 13.2 Å². The summed E-state index contributed by atoms with van der Waals surface area (Å²) in [5.74, 6) is -1.15. The first-order valence-electron chi connectivity index (χ1n) is 11.7. The second kappa shape index (κ2) is 9.84. The Morgan fingerprint density at radius 3 is 2.69 bits per heavy atom. The molecule has 3 heterocycles. The molecule has 1 unspecified atom stereocenters. The first kappa shape index (κ1) is 24.2. The van der Waals surface area contributed by atoms with Crippen molar-refractivity contribution in [2.24, 2.45) is 7.05 Å². The number of aromatic nitrogens is 1. The van der Waals surface area contributed by atoms with E-state index < -0.39 is 17.7 Å². The minimum absolute atomic E-state index is 0.0742. The summed E-state index contributed by atoms with van der Waals surface area (Å²) in [6.45, 7) is 2.57. The zero-order valence-corrected chi connectivity index (χ0v) is 21.5. The molecule has 8 heteroatoms. The highest BCUT2D eigenvalue weighted by atomic mass is 35.5. The second-order valence-electron chi connectivity index (χ2n) is 8.62. The molecule has 6 nitrogen and oxygen atoms in total. The van der Waals surface area contributed by atoms with Gasteiger partial charge in [0.2, 0.25) is 0 Å². The molecule has 1 amide bonds. The minimum Gasteiger partial charge on any atom is -0.507 e. The van der Waals surface area contributed by atoms with Crippen molar-refractivity contribution in [2.45, 2.75) is 19.4 Å². The molecule has 0 bridgehead atoms. The fraction of sp³-hybridized carbons (Fsp3) is 0.214. The summed E-state index contributed by atoms with van der Waals surface area (Å²) in [6, 6.07) is 16.0. The molecule has 1 aliphatic rings. The van der Waals surface area contributed by atoms with Crippen LogP contribution < -0.4 is 4.74 Å². The van der Waals surface area contributed by atoms with Gasteiger partial charge in [-0.2, -0.15) is 0 Å². The summed E-state index contributed by atoms with van der Waals surface area (Å²) in [4.78, 5) is 28.9. The van der Waals surface area contributed by atoms with Crippen LogP contribution in [0.2, 0.25) is 5.02 Å².